The van der Waals surface area contributed by atoms with Crippen molar-refractivity contribution >= 4 is 5.97 Å². The molecule has 5 nitrogen and oxygen atoms in total. The maximum Gasteiger partial charge on any atom is 0.372 e. The van der Waals surface area contributed by atoms with Crippen LogP contribution in [0.2, 0.25) is 0 Å². The van der Waals surface area contributed by atoms with Crippen molar-refractivity contribution in [1.29, 1.82) is 0 Å². The van der Waals surface area contributed by atoms with E-state index < -0.39 is 5.97 Å². The first-order valence-electron chi connectivity index (χ1n) is 5.10. The third kappa shape index (κ3) is 2.63. The smallest absolute Gasteiger partial charge is 0.372 e. The molecule has 0 bridgehead atoms. The molecule has 0 spiro atoms. The van der Waals surface area contributed by atoms with Crippen LogP contribution in [0, 0.1) is 0 Å². The Hall–Kier alpha value is -2.30. The maximum absolute atomic E-state index is 10.8. The molecule has 0 radical (unpaired) electrons. The van der Waals surface area contributed by atoms with Crippen LogP contribution in [0.25, 0.3) is 0 Å². The van der Waals surface area contributed by atoms with E-state index >= 15 is 0 Å². The highest BCUT2D eigenvalue weighted by Gasteiger charge is 2.12. The molecule has 0 aliphatic heterocycles. The molecule has 0 aliphatic rings. The van der Waals surface area contributed by atoms with Crippen LogP contribution >= 0.6 is 0 Å². The number of hydrogen-bond acceptors (Lipinski definition) is 3. The van der Waals surface area contributed by atoms with Gasteiger partial charge in [0.25, 0.3) is 0 Å². The van der Waals surface area contributed by atoms with Gasteiger partial charge in [0.05, 0.1) is 5.69 Å². The van der Waals surface area contributed by atoms with E-state index in [1.165, 1.54) is 4.57 Å². The van der Waals surface area contributed by atoms with E-state index in [1.807, 2.05) is 30.3 Å². The lowest BCUT2D eigenvalue weighted by molar-refractivity contribution is 0.0679. The Morgan fingerprint density at radius 1 is 1.41 bits per heavy atom. The van der Waals surface area contributed by atoms with Crippen molar-refractivity contribution in [3.8, 4) is 5.75 Å². The Morgan fingerprint density at radius 3 is 2.71 bits per heavy atom. The first-order valence-corrected chi connectivity index (χ1v) is 5.10. The number of para-hydroxylation sites is 1. The van der Waals surface area contributed by atoms with E-state index in [0.29, 0.717) is 5.69 Å². The van der Waals surface area contributed by atoms with Crippen LogP contribution in [0.3, 0.4) is 0 Å². The van der Waals surface area contributed by atoms with Crippen molar-refractivity contribution in [3.05, 3.63) is 48.0 Å². The number of aromatic carboxylic acids is 1. The Bertz CT molecular complexity index is 520. The van der Waals surface area contributed by atoms with E-state index in [0.717, 1.165) is 5.75 Å². The zero-order valence-electron chi connectivity index (χ0n) is 9.33. The average Bonchev–Trinajstić information content (AvgIpc) is 2.69. The molecule has 0 saturated carbocycles. The molecule has 0 atom stereocenters. The Labute approximate surface area is 98.3 Å². The van der Waals surface area contributed by atoms with Gasteiger partial charge in [0.1, 0.15) is 12.4 Å². The summed E-state index contributed by atoms with van der Waals surface area (Å²) in [4.78, 5) is 14.7. The van der Waals surface area contributed by atoms with Gasteiger partial charge in [0.2, 0.25) is 5.82 Å². The first kappa shape index (κ1) is 11.2. The number of imidazole rings is 1. The molecule has 1 aromatic heterocycles. The normalized spacial score (nSPS) is 10.2. The number of carboxylic acid groups (broad SMARTS) is 1. The molecule has 1 N–H and O–H groups in total. The second-order valence-corrected chi connectivity index (χ2v) is 3.57. The van der Waals surface area contributed by atoms with Crippen LogP contribution in [0.15, 0.2) is 36.5 Å². The number of aromatic nitrogens is 2. The highest BCUT2D eigenvalue weighted by atomic mass is 16.5. The van der Waals surface area contributed by atoms with Gasteiger partial charge in [-0.3, -0.25) is 0 Å². The van der Waals surface area contributed by atoms with Gasteiger partial charge in [-0.1, -0.05) is 18.2 Å². The fourth-order valence-electron chi connectivity index (χ4n) is 1.47. The number of ether oxygens (including phenoxy) is 1. The largest absolute Gasteiger partial charge is 0.487 e. The Balaban J connectivity index is 2.05. The summed E-state index contributed by atoms with van der Waals surface area (Å²) >= 11 is 0. The fourth-order valence-corrected chi connectivity index (χ4v) is 1.47. The number of aryl methyl sites for hydroxylation is 1. The second-order valence-electron chi connectivity index (χ2n) is 3.57. The summed E-state index contributed by atoms with van der Waals surface area (Å²) in [5, 5.41) is 8.84. The number of hydrogen-bond donors (Lipinski definition) is 1. The number of benzene rings is 1. The zero-order chi connectivity index (χ0) is 12.3. The monoisotopic (exact) mass is 232 g/mol. The minimum Gasteiger partial charge on any atom is -0.487 e. The lowest BCUT2D eigenvalue weighted by Gasteiger charge is -2.02. The van der Waals surface area contributed by atoms with Gasteiger partial charge in [-0.15, -0.1) is 0 Å². The van der Waals surface area contributed by atoms with E-state index in [1.54, 1.807) is 13.2 Å². The average molecular weight is 232 g/mol. The summed E-state index contributed by atoms with van der Waals surface area (Å²) in [5.74, 6) is -0.301. The summed E-state index contributed by atoms with van der Waals surface area (Å²) in [6, 6.07) is 9.31. The molecule has 0 saturated heterocycles. The number of carboxylic acids is 1. The molecule has 88 valence electrons. The number of nitrogens with zero attached hydrogens (tertiary/aromatic N) is 2. The number of rotatable bonds is 4. The molecular weight excluding hydrogens is 220 g/mol. The van der Waals surface area contributed by atoms with Gasteiger partial charge in [-0.25, -0.2) is 9.78 Å². The lowest BCUT2D eigenvalue weighted by Crippen LogP contribution is -2.05. The standard InChI is InChI=1S/C12H12N2O3/c1-14-7-9(13-11(14)12(15)16)8-17-10-5-3-2-4-6-10/h2-7H,8H2,1H3,(H,15,16). The van der Waals surface area contributed by atoms with E-state index in [4.69, 9.17) is 9.84 Å². The molecule has 1 heterocycles. The summed E-state index contributed by atoms with van der Waals surface area (Å²) in [6.07, 6.45) is 1.65. The van der Waals surface area contributed by atoms with Crippen LogP contribution < -0.4 is 4.74 Å². The molecule has 17 heavy (non-hydrogen) atoms. The Morgan fingerprint density at radius 2 is 2.12 bits per heavy atom. The summed E-state index contributed by atoms with van der Waals surface area (Å²) in [7, 11) is 1.64. The van der Waals surface area contributed by atoms with Gasteiger partial charge in [0.15, 0.2) is 0 Å². The van der Waals surface area contributed by atoms with E-state index in [2.05, 4.69) is 4.98 Å². The third-order valence-electron chi connectivity index (χ3n) is 2.25. The highest BCUT2D eigenvalue weighted by molar-refractivity contribution is 5.83. The van der Waals surface area contributed by atoms with Gasteiger partial charge in [0, 0.05) is 13.2 Å². The van der Waals surface area contributed by atoms with E-state index in [9.17, 15) is 4.79 Å². The van der Waals surface area contributed by atoms with Crippen LogP contribution in [-0.4, -0.2) is 20.6 Å². The van der Waals surface area contributed by atoms with Gasteiger partial charge in [-0.05, 0) is 12.1 Å². The van der Waals surface area contributed by atoms with Crippen molar-refractivity contribution in [1.82, 2.24) is 9.55 Å². The van der Waals surface area contributed by atoms with Crippen molar-refractivity contribution in [2.45, 2.75) is 6.61 Å². The lowest BCUT2D eigenvalue weighted by atomic mass is 10.3. The van der Waals surface area contributed by atoms with Crippen LogP contribution in [0.4, 0.5) is 0 Å². The van der Waals surface area contributed by atoms with Crippen molar-refractivity contribution in [2.75, 3.05) is 0 Å². The minimum atomic E-state index is -1.04. The summed E-state index contributed by atoms with van der Waals surface area (Å²) in [6.45, 7) is 0.255. The topological polar surface area (TPSA) is 64.4 Å². The molecule has 2 aromatic rings. The summed E-state index contributed by atoms with van der Waals surface area (Å²) < 4.78 is 6.94. The van der Waals surface area contributed by atoms with Crippen molar-refractivity contribution in [2.24, 2.45) is 7.05 Å². The fraction of sp³-hybridized carbons (Fsp3) is 0.167. The molecule has 1 aromatic carbocycles. The van der Waals surface area contributed by atoms with Crippen molar-refractivity contribution < 1.29 is 14.6 Å². The van der Waals surface area contributed by atoms with Crippen LogP contribution in [0.5, 0.6) is 5.75 Å². The summed E-state index contributed by atoms with van der Waals surface area (Å²) in [5.41, 5.74) is 0.591. The Kier molecular flexibility index (Phi) is 3.09. The molecule has 0 aliphatic carbocycles. The predicted octanol–water partition coefficient (Wildman–Crippen LogP) is 1.70. The second kappa shape index (κ2) is 4.69. The molecule has 0 fully saturated rings. The van der Waals surface area contributed by atoms with Crippen LogP contribution in [-0.2, 0) is 13.7 Å². The molecular formula is C12H12N2O3. The van der Waals surface area contributed by atoms with E-state index in [-0.39, 0.29) is 12.4 Å². The zero-order valence-corrected chi connectivity index (χ0v) is 9.33. The SMILES string of the molecule is Cn1cc(COc2ccccc2)nc1C(=O)O. The molecule has 2 rings (SSSR count). The maximum atomic E-state index is 10.8. The van der Waals surface area contributed by atoms with Crippen LogP contribution in [0.1, 0.15) is 16.3 Å². The first-order chi connectivity index (χ1) is 8.16. The molecule has 0 unspecified atom stereocenters. The van der Waals surface area contributed by atoms with Gasteiger partial charge >= 0.3 is 5.97 Å². The third-order valence-corrected chi connectivity index (χ3v) is 2.25. The quantitative estimate of drug-likeness (QED) is 0.871. The molecule has 5 heteroatoms. The minimum absolute atomic E-state index is 0.0108. The van der Waals surface area contributed by atoms with Gasteiger partial charge in [-0.2, -0.15) is 0 Å². The number of carbonyl (C=O) groups is 1. The molecule has 0 amide bonds. The van der Waals surface area contributed by atoms with Gasteiger partial charge < -0.3 is 14.4 Å². The predicted molar refractivity (Wildman–Crippen MR) is 60.9 cm³/mol. The highest BCUT2D eigenvalue weighted by Crippen LogP contribution is 2.11. The van der Waals surface area contributed by atoms with Crippen molar-refractivity contribution in [3.63, 3.8) is 0 Å².